The molecular weight excluding hydrogens is 276 g/mol. The van der Waals surface area contributed by atoms with Gasteiger partial charge in [-0.3, -0.25) is 0 Å². The lowest BCUT2D eigenvalue weighted by atomic mass is 10.2. The van der Waals surface area contributed by atoms with Gasteiger partial charge in [-0.2, -0.15) is 4.79 Å². The maximum atomic E-state index is 12.4. The quantitative estimate of drug-likeness (QED) is 0.375. The summed E-state index contributed by atoms with van der Waals surface area (Å²) in [5.74, 6) is 0.586. The molecule has 0 heterocycles. The average molecular weight is 288 g/mol. The molecule has 0 N–H and O–H groups in total. The van der Waals surface area contributed by atoms with Crippen molar-refractivity contribution in [3.8, 4) is 5.75 Å². The molecule has 0 saturated heterocycles. The van der Waals surface area contributed by atoms with Crippen molar-refractivity contribution in [2.24, 2.45) is 0 Å². The van der Waals surface area contributed by atoms with Gasteiger partial charge < -0.3 is 10.3 Å². The van der Waals surface area contributed by atoms with Crippen LogP contribution in [0.4, 0.5) is 0 Å². The van der Waals surface area contributed by atoms with Crippen LogP contribution >= 0.6 is 0 Å². The summed E-state index contributed by atoms with van der Waals surface area (Å²) in [5, 5.41) is -0.397. The second kappa shape index (κ2) is 5.69. The van der Waals surface area contributed by atoms with Gasteiger partial charge in [0.15, 0.2) is 0 Å². The highest BCUT2D eigenvalue weighted by Gasteiger charge is 2.31. The van der Waals surface area contributed by atoms with Gasteiger partial charge >= 0.3 is 5.04 Å². The molecule has 2 aromatic carbocycles. The van der Waals surface area contributed by atoms with Crippen LogP contribution in [-0.4, -0.2) is 25.4 Å². The summed E-state index contributed by atoms with van der Waals surface area (Å²) in [7, 11) is -2.35. The Bertz CT molecular complexity index is 747. The molecule has 102 valence electrons. The fraction of sp³-hybridized carbons (Fsp3) is 0.0714. The Hall–Kier alpha value is -2.43. The highest BCUT2D eigenvalue weighted by atomic mass is 32.2. The Balaban J connectivity index is 2.50. The van der Waals surface area contributed by atoms with Gasteiger partial charge in [0, 0.05) is 0 Å². The monoisotopic (exact) mass is 288 g/mol. The van der Waals surface area contributed by atoms with Crippen LogP contribution in [0, 0.1) is 0 Å². The van der Waals surface area contributed by atoms with Crippen LogP contribution in [0.5, 0.6) is 5.75 Å². The van der Waals surface area contributed by atoms with Gasteiger partial charge in [0.1, 0.15) is 5.75 Å². The molecule has 0 aromatic heterocycles. The van der Waals surface area contributed by atoms with E-state index in [0.29, 0.717) is 5.75 Å². The molecule has 0 aliphatic heterocycles. The maximum Gasteiger partial charge on any atom is 0.416 e. The topological polar surface area (TPSA) is 79.8 Å². The number of methoxy groups -OCH3 is 1. The number of benzene rings is 2. The molecule has 0 bridgehead atoms. The number of ether oxygens (including phenoxy) is 1. The molecule has 0 saturated carbocycles. The van der Waals surface area contributed by atoms with E-state index in [1.165, 1.54) is 31.4 Å². The van der Waals surface area contributed by atoms with Crippen LogP contribution in [0.15, 0.2) is 59.5 Å². The zero-order chi connectivity index (χ0) is 14.6. The molecule has 0 aliphatic rings. The van der Waals surface area contributed by atoms with E-state index in [4.69, 9.17) is 10.3 Å². The predicted molar refractivity (Wildman–Crippen MR) is 74.4 cm³/mol. The third-order valence-corrected chi connectivity index (χ3v) is 4.46. The number of nitrogens with zero attached hydrogens (tertiary/aromatic N) is 2. The number of hydrogen-bond donors (Lipinski definition) is 0. The molecule has 0 radical (unpaired) electrons. The molecule has 0 spiro atoms. The van der Waals surface area contributed by atoms with Crippen molar-refractivity contribution in [2.45, 2.75) is 4.90 Å². The molecule has 2 aromatic rings. The Morgan fingerprint density at radius 1 is 1.05 bits per heavy atom. The number of rotatable bonds is 3. The smallest absolute Gasteiger partial charge is 0.416 e. The van der Waals surface area contributed by atoms with Crippen LogP contribution in [0.1, 0.15) is 5.56 Å². The van der Waals surface area contributed by atoms with Gasteiger partial charge in [0.2, 0.25) is 0 Å². The Labute approximate surface area is 117 Å². The summed E-state index contributed by atoms with van der Waals surface area (Å²) < 4.78 is 29.8. The Morgan fingerprint density at radius 3 is 2.15 bits per heavy atom. The fourth-order valence-corrected chi connectivity index (χ4v) is 3.00. The minimum Gasteiger partial charge on any atom is -0.497 e. The molecule has 5 nitrogen and oxygen atoms in total. The molecule has 0 aliphatic carbocycles. The van der Waals surface area contributed by atoms with E-state index in [-0.39, 0.29) is 10.5 Å². The summed E-state index contributed by atoms with van der Waals surface area (Å²) in [4.78, 5) is 3.02. The van der Waals surface area contributed by atoms with E-state index in [1.54, 1.807) is 30.3 Å². The van der Waals surface area contributed by atoms with Crippen molar-refractivity contribution in [3.05, 3.63) is 65.7 Å². The summed E-state index contributed by atoms with van der Waals surface area (Å²) >= 11 is 0. The van der Waals surface area contributed by atoms with Crippen LogP contribution in [-0.2, 0) is 9.84 Å². The van der Waals surface area contributed by atoms with Crippen molar-refractivity contribution < 1.29 is 17.9 Å². The first-order valence-corrected chi connectivity index (χ1v) is 7.24. The first-order valence-electron chi connectivity index (χ1n) is 5.76. The number of sulfone groups is 1. The van der Waals surface area contributed by atoms with Crippen LogP contribution in [0.3, 0.4) is 0 Å². The number of hydrogen-bond acceptors (Lipinski definition) is 3. The molecule has 0 unspecified atom stereocenters. The van der Waals surface area contributed by atoms with Gasteiger partial charge in [-0.25, -0.2) is 8.42 Å². The lowest BCUT2D eigenvalue weighted by Gasteiger charge is -2.02. The molecule has 2 rings (SSSR count). The maximum absolute atomic E-state index is 12.4. The average Bonchev–Trinajstić information content (AvgIpc) is 2.49. The Kier molecular flexibility index (Phi) is 3.98. The normalized spacial score (nSPS) is 10.7. The fourth-order valence-electron chi connectivity index (χ4n) is 1.71. The molecular formula is C14H12N2O3S. The molecule has 6 heteroatoms. The van der Waals surface area contributed by atoms with Crippen LogP contribution < -0.4 is 4.74 Å². The van der Waals surface area contributed by atoms with Crippen molar-refractivity contribution in [1.82, 2.24) is 0 Å². The zero-order valence-corrected chi connectivity index (χ0v) is 11.5. The second-order valence-electron chi connectivity index (χ2n) is 3.95. The van der Waals surface area contributed by atoms with Gasteiger partial charge in [-0.05, 0) is 36.4 Å². The third kappa shape index (κ3) is 2.61. The first kappa shape index (κ1) is 14.0. The summed E-state index contributed by atoms with van der Waals surface area (Å²) in [6.07, 6.45) is 0. The van der Waals surface area contributed by atoms with Crippen LogP contribution in [0.2, 0.25) is 0 Å². The largest absolute Gasteiger partial charge is 0.497 e. The predicted octanol–water partition coefficient (Wildman–Crippen LogP) is 2.15. The summed E-state index contributed by atoms with van der Waals surface area (Å²) in [6.45, 7) is 0. The van der Waals surface area contributed by atoms with Crippen molar-refractivity contribution >= 4 is 14.9 Å². The van der Waals surface area contributed by atoms with Crippen molar-refractivity contribution in [1.29, 1.82) is 0 Å². The lowest BCUT2D eigenvalue weighted by molar-refractivity contribution is 0.000603. The van der Waals surface area contributed by atoms with E-state index in [1.807, 2.05) is 0 Å². The molecule has 0 atom stereocenters. The minimum atomic E-state index is -3.86. The van der Waals surface area contributed by atoms with Crippen molar-refractivity contribution in [2.75, 3.05) is 7.11 Å². The summed E-state index contributed by atoms with van der Waals surface area (Å²) in [5.41, 5.74) is 9.37. The van der Waals surface area contributed by atoms with Gasteiger partial charge in [-0.1, -0.05) is 18.2 Å². The van der Waals surface area contributed by atoms with E-state index in [2.05, 4.69) is 4.79 Å². The first-order chi connectivity index (χ1) is 9.59. The standard InChI is InChI=1S/C14H12N2O3S/c1-19-12-9-7-11(8-10-12)14(16-15)20(17,18)13-5-3-2-4-6-13/h2-10H,1H3. The lowest BCUT2D eigenvalue weighted by Crippen LogP contribution is -2.17. The van der Waals surface area contributed by atoms with Gasteiger partial charge in [0.25, 0.3) is 9.84 Å². The second-order valence-corrected chi connectivity index (χ2v) is 5.82. The Morgan fingerprint density at radius 2 is 1.65 bits per heavy atom. The zero-order valence-electron chi connectivity index (χ0n) is 10.7. The van der Waals surface area contributed by atoms with E-state index in [9.17, 15) is 8.42 Å². The summed E-state index contributed by atoms with van der Waals surface area (Å²) in [6, 6.07) is 14.1. The van der Waals surface area contributed by atoms with E-state index in [0.717, 1.165) is 0 Å². The van der Waals surface area contributed by atoms with Gasteiger partial charge in [0.05, 0.1) is 17.6 Å². The minimum absolute atomic E-state index is 0.0728. The molecule has 0 amide bonds. The molecule has 0 fully saturated rings. The third-order valence-electron chi connectivity index (χ3n) is 2.74. The van der Waals surface area contributed by atoms with Crippen molar-refractivity contribution in [3.63, 3.8) is 0 Å². The van der Waals surface area contributed by atoms with Crippen LogP contribution in [0.25, 0.3) is 5.53 Å². The molecule has 20 heavy (non-hydrogen) atoms. The van der Waals surface area contributed by atoms with E-state index < -0.39 is 14.9 Å². The highest BCUT2D eigenvalue weighted by molar-refractivity contribution is 8.06. The SMILES string of the molecule is COc1ccc(C(=[N+]=[N-])S(=O)(=O)c2ccccc2)cc1. The van der Waals surface area contributed by atoms with Gasteiger partial charge in [-0.15, -0.1) is 0 Å². The van der Waals surface area contributed by atoms with E-state index >= 15 is 0 Å². The highest BCUT2D eigenvalue weighted by Crippen LogP contribution is 2.18.